The van der Waals surface area contributed by atoms with Crippen LogP contribution in [0.5, 0.6) is 0 Å². The number of ketones is 1. The fraction of sp³-hybridized carbons (Fsp3) is 0.222. The van der Waals surface area contributed by atoms with Gasteiger partial charge in [-0.3, -0.25) is 4.79 Å². The molecule has 0 amide bonds. The Labute approximate surface area is 130 Å². The molecular formula is C18H16ClNO. The van der Waals surface area contributed by atoms with Gasteiger partial charge in [0.2, 0.25) is 0 Å². The van der Waals surface area contributed by atoms with Crippen molar-refractivity contribution in [3.05, 3.63) is 70.2 Å². The fourth-order valence-electron chi connectivity index (χ4n) is 2.17. The molecule has 0 bridgehead atoms. The van der Waals surface area contributed by atoms with Crippen LogP contribution in [-0.4, -0.2) is 5.78 Å². The van der Waals surface area contributed by atoms with Gasteiger partial charge in [-0.1, -0.05) is 61.8 Å². The predicted octanol–water partition coefficient (Wildman–Crippen LogP) is 4.95. The number of hydrogen-bond acceptors (Lipinski definition) is 2. The lowest BCUT2D eigenvalue weighted by Gasteiger charge is -2.10. The monoisotopic (exact) mass is 297 g/mol. The Morgan fingerprint density at radius 3 is 2.29 bits per heavy atom. The zero-order valence-electron chi connectivity index (χ0n) is 12.0. The highest BCUT2D eigenvalue weighted by Crippen LogP contribution is 2.24. The van der Waals surface area contributed by atoms with Crippen molar-refractivity contribution >= 4 is 17.4 Å². The summed E-state index contributed by atoms with van der Waals surface area (Å²) in [6, 6.07) is 16.4. The van der Waals surface area contributed by atoms with Crippen LogP contribution in [0.1, 0.15) is 47.2 Å². The molecule has 0 aromatic heterocycles. The quantitative estimate of drug-likeness (QED) is 0.749. The summed E-state index contributed by atoms with van der Waals surface area (Å²) in [6.07, 6.45) is 0. The Morgan fingerprint density at radius 1 is 1.10 bits per heavy atom. The minimum Gasteiger partial charge on any atom is -0.292 e. The molecule has 0 aliphatic rings. The van der Waals surface area contributed by atoms with Gasteiger partial charge in [0.1, 0.15) is 5.92 Å². The van der Waals surface area contributed by atoms with Crippen LogP contribution in [0.2, 0.25) is 5.02 Å². The Bertz CT molecular complexity index is 683. The molecule has 0 aliphatic carbocycles. The number of nitriles is 1. The molecule has 2 nitrogen and oxygen atoms in total. The van der Waals surface area contributed by atoms with Crippen LogP contribution < -0.4 is 0 Å². The highest BCUT2D eigenvalue weighted by atomic mass is 35.5. The Balaban J connectivity index is 2.31. The molecule has 0 saturated carbocycles. The van der Waals surface area contributed by atoms with Gasteiger partial charge in [0, 0.05) is 10.6 Å². The van der Waals surface area contributed by atoms with Gasteiger partial charge in [-0.05, 0) is 29.2 Å². The van der Waals surface area contributed by atoms with E-state index >= 15 is 0 Å². The van der Waals surface area contributed by atoms with Crippen molar-refractivity contribution in [2.75, 3.05) is 0 Å². The predicted molar refractivity (Wildman–Crippen MR) is 84.7 cm³/mol. The van der Waals surface area contributed by atoms with E-state index < -0.39 is 5.92 Å². The lowest BCUT2D eigenvalue weighted by Crippen LogP contribution is -2.11. The van der Waals surface area contributed by atoms with Crippen molar-refractivity contribution in [2.24, 2.45) is 0 Å². The van der Waals surface area contributed by atoms with E-state index in [-0.39, 0.29) is 5.78 Å². The van der Waals surface area contributed by atoms with Crippen LogP contribution in [0, 0.1) is 11.3 Å². The van der Waals surface area contributed by atoms with E-state index in [0.29, 0.717) is 22.1 Å². The Kier molecular flexibility index (Phi) is 4.77. The summed E-state index contributed by atoms with van der Waals surface area (Å²) in [5.41, 5.74) is 2.34. The minimum absolute atomic E-state index is 0.199. The lowest BCUT2D eigenvalue weighted by atomic mass is 9.91. The second kappa shape index (κ2) is 6.56. The smallest absolute Gasteiger partial charge is 0.184 e. The summed E-state index contributed by atoms with van der Waals surface area (Å²) in [4.78, 5) is 12.5. The topological polar surface area (TPSA) is 40.9 Å². The zero-order valence-corrected chi connectivity index (χ0v) is 12.8. The first-order valence-electron chi connectivity index (χ1n) is 6.82. The molecule has 0 fully saturated rings. The molecule has 1 unspecified atom stereocenters. The number of carbonyl (C=O) groups excluding carboxylic acids is 1. The van der Waals surface area contributed by atoms with Crippen molar-refractivity contribution in [1.29, 1.82) is 5.26 Å². The molecule has 2 aromatic rings. The van der Waals surface area contributed by atoms with Crippen LogP contribution in [-0.2, 0) is 0 Å². The highest BCUT2D eigenvalue weighted by Gasteiger charge is 2.22. The molecule has 0 saturated heterocycles. The summed E-state index contributed by atoms with van der Waals surface area (Å²) in [5, 5.41) is 9.85. The lowest BCUT2D eigenvalue weighted by molar-refractivity contribution is 0.0979. The number of halogens is 1. The highest BCUT2D eigenvalue weighted by molar-refractivity contribution is 6.30. The van der Waals surface area contributed by atoms with Crippen LogP contribution in [0.15, 0.2) is 48.5 Å². The molecular weight excluding hydrogens is 282 g/mol. The first kappa shape index (κ1) is 15.3. The summed E-state index contributed by atoms with van der Waals surface area (Å²) in [6.45, 7) is 4.20. The SMILES string of the molecule is CC(C)c1ccc(C(=O)C(C#N)c2cccc(Cl)c2)cc1. The molecule has 2 rings (SSSR count). The first-order valence-corrected chi connectivity index (χ1v) is 7.20. The average molecular weight is 298 g/mol. The Hall–Kier alpha value is -2.11. The minimum atomic E-state index is -0.825. The van der Waals surface area contributed by atoms with Crippen molar-refractivity contribution in [3.63, 3.8) is 0 Å². The van der Waals surface area contributed by atoms with Crippen LogP contribution in [0.3, 0.4) is 0 Å². The number of nitrogens with zero attached hydrogens (tertiary/aromatic N) is 1. The van der Waals surface area contributed by atoms with Crippen molar-refractivity contribution in [3.8, 4) is 6.07 Å². The normalized spacial score (nSPS) is 12.0. The average Bonchev–Trinajstić information content (AvgIpc) is 2.48. The van der Waals surface area contributed by atoms with Gasteiger partial charge >= 0.3 is 0 Å². The van der Waals surface area contributed by atoms with E-state index in [1.54, 1.807) is 36.4 Å². The molecule has 3 heteroatoms. The van der Waals surface area contributed by atoms with Crippen LogP contribution in [0.25, 0.3) is 0 Å². The van der Waals surface area contributed by atoms with Gasteiger partial charge in [-0.2, -0.15) is 5.26 Å². The molecule has 1 atom stereocenters. The van der Waals surface area contributed by atoms with Crippen molar-refractivity contribution in [1.82, 2.24) is 0 Å². The van der Waals surface area contributed by atoms with Crippen LogP contribution >= 0.6 is 11.6 Å². The molecule has 21 heavy (non-hydrogen) atoms. The maximum atomic E-state index is 12.5. The standard InChI is InChI=1S/C18H16ClNO/c1-12(2)13-6-8-14(9-7-13)18(21)17(11-20)15-4-3-5-16(19)10-15/h3-10,12,17H,1-2H3. The zero-order chi connectivity index (χ0) is 15.4. The maximum Gasteiger partial charge on any atom is 0.184 e. The molecule has 106 valence electrons. The summed E-state index contributed by atoms with van der Waals surface area (Å²) in [5.74, 6) is -0.613. The van der Waals surface area contributed by atoms with Gasteiger partial charge < -0.3 is 0 Å². The summed E-state index contributed by atoms with van der Waals surface area (Å²) < 4.78 is 0. The molecule has 0 spiro atoms. The second-order valence-corrected chi connectivity index (χ2v) is 5.69. The maximum absolute atomic E-state index is 12.5. The van der Waals surface area contributed by atoms with Crippen LogP contribution in [0.4, 0.5) is 0 Å². The number of rotatable bonds is 4. The Morgan fingerprint density at radius 2 is 1.76 bits per heavy atom. The van der Waals surface area contributed by atoms with E-state index in [2.05, 4.69) is 19.9 Å². The first-order chi connectivity index (χ1) is 10.0. The fourth-order valence-corrected chi connectivity index (χ4v) is 2.37. The van der Waals surface area contributed by atoms with Crippen molar-refractivity contribution in [2.45, 2.75) is 25.7 Å². The molecule has 0 heterocycles. The molecule has 0 radical (unpaired) electrons. The van der Waals surface area contributed by atoms with Gasteiger partial charge in [-0.15, -0.1) is 0 Å². The van der Waals surface area contributed by atoms with E-state index in [1.165, 1.54) is 5.56 Å². The number of benzene rings is 2. The second-order valence-electron chi connectivity index (χ2n) is 5.26. The van der Waals surface area contributed by atoms with E-state index in [9.17, 15) is 10.1 Å². The third-order valence-corrected chi connectivity index (χ3v) is 3.67. The third-order valence-electron chi connectivity index (χ3n) is 3.44. The number of Topliss-reactive ketones (excluding diaryl/α,β-unsaturated/α-hetero) is 1. The third kappa shape index (κ3) is 3.51. The molecule has 0 aliphatic heterocycles. The van der Waals surface area contributed by atoms with Crippen molar-refractivity contribution < 1.29 is 4.79 Å². The van der Waals surface area contributed by atoms with E-state index in [1.807, 2.05) is 12.1 Å². The molecule has 0 N–H and O–H groups in total. The van der Waals surface area contributed by atoms with E-state index in [4.69, 9.17) is 11.6 Å². The number of hydrogen-bond donors (Lipinski definition) is 0. The number of carbonyl (C=O) groups is 1. The molecule has 2 aromatic carbocycles. The largest absolute Gasteiger partial charge is 0.292 e. The summed E-state index contributed by atoms with van der Waals surface area (Å²) >= 11 is 5.93. The summed E-state index contributed by atoms with van der Waals surface area (Å²) in [7, 11) is 0. The van der Waals surface area contributed by atoms with Gasteiger partial charge in [0.15, 0.2) is 5.78 Å². The van der Waals surface area contributed by atoms with Gasteiger partial charge in [-0.25, -0.2) is 0 Å². The van der Waals surface area contributed by atoms with E-state index in [0.717, 1.165) is 0 Å². The van der Waals surface area contributed by atoms with Gasteiger partial charge in [0.05, 0.1) is 6.07 Å². The van der Waals surface area contributed by atoms with Gasteiger partial charge in [0.25, 0.3) is 0 Å².